The molecule has 0 saturated heterocycles. The highest BCUT2D eigenvalue weighted by Gasteiger charge is 1.94. The van der Waals surface area contributed by atoms with Crippen LogP contribution in [0.1, 0.15) is 7.85 Å². The molecule has 0 amide bonds. The molecule has 1 unspecified atom stereocenters. The van der Waals surface area contributed by atoms with Crippen LogP contribution in [-0.2, 0) is 4.52 Å². The minimum absolute atomic E-state index is 0. The standard InChI is InChI=1S/C8H11BrNO2P.H2/c9-7-2-3-8(10-6-7)11-4-1-5-12-13;/h2-3,6H,1,4-5,13H2;1H/i;1+2. The van der Waals surface area contributed by atoms with E-state index in [-0.39, 0.29) is 1.43 Å². The van der Waals surface area contributed by atoms with Gasteiger partial charge in [0, 0.05) is 34.1 Å². The molecule has 1 heterocycles. The van der Waals surface area contributed by atoms with E-state index < -0.39 is 0 Å². The molecule has 0 N–H and O–H groups in total. The van der Waals surface area contributed by atoms with E-state index in [2.05, 4.69) is 30.4 Å². The molecule has 0 bridgehead atoms. The maximum absolute atomic E-state index is 5.34. The van der Waals surface area contributed by atoms with Crippen LogP contribution in [0.15, 0.2) is 22.8 Å². The second-order valence-electron chi connectivity index (χ2n) is 2.39. The molecule has 0 saturated carbocycles. The van der Waals surface area contributed by atoms with Crippen LogP contribution >= 0.6 is 25.4 Å². The van der Waals surface area contributed by atoms with E-state index in [9.17, 15) is 0 Å². The zero-order valence-electron chi connectivity index (χ0n) is 7.07. The average molecular weight is 268 g/mol. The molecule has 1 aromatic rings. The van der Waals surface area contributed by atoms with Gasteiger partial charge in [0.25, 0.3) is 0 Å². The minimum Gasteiger partial charge on any atom is -0.478 e. The van der Waals surface area contributed by atoms with E-state index in [1.165, 1.54) is 0 Å². The van der Waals surface area contributed by atoms with Crippen molar-refractivity contribution in [3.8, 4) is 5.88 Å². The summed E-state index contributed by atoms with van der Waals surface area (Å²) in [6.07, 6.45) is 2.57. The smallest absolute Gasteiger partial charge is 0.213 e. The minimum atomic E-state index is 0. The van der Waals surface area contributed by atoms with Crippen molar-refractivity contribution in [2.45, 2.75) is 6.42 Å². The van der Waals surface area contributed by atoms with Crippen molar-refractivity contribution < 1.29 is 10.7 Å². The molecular formula is C8H13BrNO2P. The van der Waals surface area contributed by atoms with Gasteiger partial charge in [-0.2, -0.15) is 0 Å². The lowest BCUT2D eigenvalue weighted by molar-refractivity contribution is 0.259. The number of aromatic nitrogens is 1. The predicted molar refractivity (Wildman–Crippen MR) is 59.8 cm³/mol. The van der Waals surface area contributed by atoms with Gasteiger partial charge < -0.3 is 9.26 Å². The molecular weight excluding hydrogens is 253 g/mol. The van der Waals surface area contributed by atoms with Gasteiger partial charge in [-0.25, -0.2) is 4.98 Å². The fourth-order valence-electron chi connectivity index (χ4n) is 0.767. The maximum Gasteiger partial charge on any atom is 0.213 e. The van der Waals surface area contributed by atoms with Gasteiger partial charge in [0.05, 0.1) is 13.2 Å². The second kappa shape index (κ2) is 6.30. The summed E-state index contributed by atoms with van der Waals surface area (Å²) < 4.78 is 11.1. The Bertz CT molecular complexity index is 248. The Morgan fingerprint density at radius 1 is 1.46 bits per heavy atom. The van der Waals surface area contributed by atoms with Crippen molar-refractivity contribution in [2.75, 3.05) is 13.2 Å². The highest BCUT2D eigenvalue weighted by molar-refractivity contribution is 9.10. The van der Waals surface area contributed by atoms with Gasteiger partial charge in [-0.3, -0.25) is 0 Å². The molecule has 0 fully saturated rings. The third-order valence-electron chi connectivity index (χ3n) is 1.36. The number of hydrogen-bond donors (Lipinski definition) is 0. The van der Waals surface area contributed by atoms with Crippen LogP contribution in [0.3, 0.4) is 0 Å². The van der Waals surface area contributed by atoms with Gasteiger partial charge in [-0.1, -0.05) is 0 Å². The molecule has 0 aromatic carbocycles. The molecule has 1 atom stereocenters. The fraction of sp³-hybridized carbons (Fsp3) is 0.375. The Kier molecular flexibility index (Phi) is 5.28. The Hall–Kier alpha value is -0.180. The monoisotopic (exact) mass is 267 g/mol. The van der Waals surface area contributed by atoms with E-state index in [0.29, 0.717) is 19.1 Å². The summed E-state index contributed by atoms with van der Waals surface area (Å²) in [7, 11) is 2.21. The number of halogens is 1. The highest BCUT2D eigenvalue weighted by atomic mass is 79.9. The predicted octanol–water partition coefficient (Wildman–Crippen LogP) is 2.67. The van der Waals surface area contributed by atoms with E-state index in [1.807, 2.05) is 12.1 Å². The highest BCUT2D eigenvalue weighted by Crippen LogP contribution is 2.12. The van der Waals surface area contributed by atoms with Gasteiger partial charge in [-0.05, 0) is 22.0 Å². The van der Waals surface area contributed by atoms with Gasteiger partial charge >= 0.3 is 0 Å². The number of ether oxygens (including phenoxy) is 1. The summed E-state index contributed by atoms with van der Waals surface area (Å²) in [6.45, 7) is 1.31. The number of nitrogens with zero attached hydrogens (tertiary/aromatic N) is 1. The van der Waals surface area contributed by atoms with Crippen LogP contribution in [0, 0.1) is 0 Å². The molecule has 0 spiro atoms. The van der Waals surface area contributed by atoms with Crippen molar-refractivity contribution in [1.82, 2.24) is 4.98 Å². The maximum atomic E-state index is 5.34. The Morgan fingerprint density at radius 3 is 2.92 bits per heavy atom. The number of pyridine rings is 1. The molecule has 0 aliphatic heterocycles. The number of rotatable bonds is 5. The van der Waals surface area contributed by atoms with Crippen molar-refractivity contribution in [1.29, 1.82) is 0 Å². The normalized spacial score (nSPS) is 10.0. The Morgan fingerprint density at radius 2 is 2.31 bits per heavy atom. The first-order chi connectivity index (χ1) is 6.33. The SMILES string of the molecule is POCCCOc1ccc(Br)cn1.[3HH]. The molecule has 1 aromatic heterocycles. The summed E-state index contributed by atoms with van der Waals surface area (Å²) in [5, 5.41) is 0. The third-order valence-corrected chi connectivity index (χ3v) is 2.06. The summed E-state index contributed by atoms with van der Waals surface area (Å²) in [5.74, 6) is 0.645. The van der Waals surface area contributed by atoms with E-state index >= 15 is 0 Å². The molecule has 74 valence electrons. The molecule has 1 rings (SSSR count). The van der Waals surface area contributed by atoms with Crippen LogP contribution in [-0.4, -0.2) is 18.2 Å². The van der Waals surface area contributed by atoms with Crippen LogP contribution in [0.5, 0.6) is 5.88 Å². The Balaban J connectivity index is 0.00000169. The molecule has 0 radical (unpaired) electrons. The largest absolute Gasteiger partial charge is 0.478 e. The van der Waals surface area contributed by atoms with Gasteiger partial charge in [0.15, 0.2) is 0 Å². The first-order valence-corrected chi connectivity index (χ1v) is 5.15. The van der Waals surface area contributed by atoms with Crippen molar-refractivity contribution in [2.24, 2.45) is 0 Å². The van der Waals surface area contributed by atoms with Gasteiger partial charge in [0.1, 0.15) is 0 Å². The molecule has 5 heteroatoms. The lowest BCUT2D eigenvalue weighted by Crippen LogP contribution is -2.01. The average Bonchev–Trinajstić information content (AvgIpc) is 2.15. The van der Waals surface area contributed by atoms with Crippen molar-refractivity contribution in [3.63, 3.8) is 0 Å². The summed E-state index contributed by atoms with van der Waals surface area (Å²) >= 11 is 3.30. The third kappa shape index (κ3) is 4.55. The van der Waals surface area contributed by atoms with Crippen molar-refractivity contribution in [3.05, 3.63) is 22.8 Å². The zero-order chi connectivity index (χ0) is 9.52. The number of hydrogen-bond acceptors (Lipinski definition) is 3. The molecule has 13 heavy (non-hydrogen) atoms. The van der Waals surface area contributed by atoms with Gasteiger partial charge in [0.2, 0.25) is 5.88 Å². The lowest BCUT2D eigenvalue weighted by Gasteiger charge is -2.03. The van der Waals surface area contributed by atoms with Gasteiger partial charge in [-0.15, -0.1) is 0 Å². The molecule has 0 aliphatic rings. The van der Waals surface area contributed by atoms with Crippen LogP contribution in [0.4, 0.5) is 0 Å². The summed E-state index contributed by atoms with van der Waals surface area (Å²) in [5.41, 5.74) is 0. The van der Waals surface area contributed by atoms with Crippen molar-refractivity contribution >= 4 is 25.4 Å². The van der Waals surface area contributed by atoms with E-state index in [4.69, 9.17) is 9.26 Å². The van der Waals surface area contributed by atoms with Crippen LogP contribution in [0.25, 0.3) is 0 Å². The Labute approximate surface area is 89.7 Å². The second-order valence-corrected chi connectivity index (χ2v) is 3.64. The fourth-order valence-corrected chi connectivity index (χ4v) is 1.17. The lowest BCUT2D eigenvalue weighted by atomic mass is 10.5. The molecule has 0 aliphatic carbocycles. The summed E-state index contributed by atoms with van der Waals surface area (Å²) in [6, 6.07) is 3.72. The van der Waals surface area contributed by atoms with Crippen LogP contribution < -0.4 is 4.74 Å². The molecule has 3 nitrogen and oxygen atoms in total. The first kappa shape index (κ1) is 10.9. The van der Waals surface area contributed by atoms with E-state index in [1.54, 1.807) is 6.20 Å². The topological polar surface area (TPSA) is 31.4 Å². The summed E-state index contributed by atoms with van der Waals surface area (Å²) in [4.78, 5) is 4.06. The van der Waals surface area contributed by atoms with E-state index in [0.717, 1.165) is 10.9 Å². The zero-order valence-corrected chi connectivity index (χ0v) is 9.81. The quantitative estimate of drug-likeness (QED) is 0.607. The van der Waals surface area contributed by atoms with Crippen LogP contribution in [0.2, 0.25) is 0 Å². The first-order valence-electron chi connectivity index (χ1n) is 3.89.